The average molecular weight is 283 g/mol. The SMILES string of the molecule is CC(C)c1nn(C)c(N(CCC#N)c2ccccc2)c1N. The fraction of sp³-hybridized carbons (Fsp3) is 0.375. The van der Waals surface area contributed by atoms with Crippen LogP contribution >= 0.6 is 0 Å². The summed E-state index contributed by atoms with van der Waals surface area (Å²) in [5, 5.41) is 13.4. The zero-order valence-corrected chi connectivity index (χ0v) is 12.7. The third-order valence-corrected chi connectivity index (χ3v) is 3.40. The van der Waals surface area contributed by atoms with Crippen molar-refractivity contribution in [1.29, 1.82) is 5.26 Å². The van der Waals surface area contributed by atoms with Gasteiger partial charge >= 0.3 is 0 Å². The predicted molar refractivity (Wildman–Crippen MR) is 85.4 cm³/mol. The third kappa shape index (κ3) is 3.00. The first-order chi connectivity index (χ1) is 10.1. The van der Waals surface area contributed by atoms with Crippen molar-refractivity contribution in [2.24, 2.45) is 7.05 Å². The number of aryl methyl sites for hydroxylation is 1. The van der Waals surface area contributed by atoms with Crippen molar-refractivity contribution in [3.05, 3.63) is 36.0 Å². The zero-order chi connectivity index (χ0) is 15.4. The second-order valence-electron chi connectivity index (χ2n) is 5.30. The van der Waals surface area contributed by atoms with Crippen molar-refractivity contribution in [2.45, 2.75) is 26.2 Å². The van der Waals surface area contributed by atoms with Crippen molar-refractivity contribution in [2.75, 3.05) is 17.2 Å². The van der Waals surface area contributed by atoms with Gasteiger partial charge in [-0.1, -0.05) is 32.0 Å². The first kappa shape index (κ1) is 14.9. The molecule has 5 heteroatoms. The molecule has 0 fully saturated rings. The number of hydrogen-bond acceptors (Lipinski definition) is 4. The molecule has 2 rings (SSSR count). The molecule has 5 nitrogen and oxygen atoms in total. The van der Waals surface area contributed by atoms with Gasteiger partial charge in [-0.2, -0.15) is 10.4 Å². The van der Waals surface area contributed by atoms with Crippen molar-refractivity contribution < 1.29 is 0 Å². The van der Waals surface area contributed by atoms with E-state index in [1.165, 1.54) is 0 Å². The summed E-state index contributed by atoms with van der Waals surface area (Å²) in [5.41, 5.74) is 8.90. The molecule has 0 unspecified atom stereocenters. The molecule has 0 bridgehead atoms. The van der Waals surface area contributed by atoms with E-state index >= 15 is 0 Å². The molecule has 1 heterocycles. The van der Waals surface area contributed by atoms with E-state index in [1.807, 2.05) is 37.4 Å². The van der Waals surface area contributed by atoms with Crippen molar-refractivity contribution >= 4 is 17.2 Å². The summed E-state index contributed by atoms with van der Waals surface area (Å²) in [6.45, 7) is 4.73. The number of nitriles is 1. The summed E-state index contributed by atoms with van der Waals surface area (Å²) in [7, 11) is 1.89. The summed E-state index contributed by atoms with van der Waals surface area (Å²) >= 11 is 0. The van der Waals surface area contributed by atoms with Gasteiger partial charge in [0.05, 0.1) is 23.9 Å². The molecule has 0 radical (unpaired) electrons. The van der Waals surface area contributed by atoms with Gasteiger partial charge in [-0.3, -0.25) is 4.68 Å². The van der Waals surface area contributed by atoms with E-state index in [4.69, 9.17) is 11.0 Å². The molecule has 21 heavy (non-hydrogen) atoms. The van der Waals surface area contributed by atoms with Gasteiger partial charge in [0, 0.05) is 19.3 Å². The van der Waals surface area contributed by atoms with Crippen LogP contribution in [0.3, 0.4) is 0 Å². The zero-order valence-electron chi connectivity index (χ0n) is 12.7. The Bertz CT molecular complexity index is 637. The molecular weight excluding hydrogens is 262 g/mol. The largest absolute Gasteiger partial charge is 0.394 e. The number of benzene rings is 1. The maximum absolute atomic E-state index is 8.91. The van der Waals surface area contributed by atoms with E-state index in [-0.39, 0.29) is 5.92 Å². The van der Waals surface area contributed by atoms with Gasteiger partial charge < -0.3 is 10.6 Å². The summed E-state index contributed by atoms with van der Waals surface area (Å²) < 4.78 is 1.80. The molecule has 0 atom stereocenters. The maximum Gasteiger partial charge on any atom is 0.154 e. The molecule has 0 aliphatic carbocycles. The Morgan fingerprint density at radius 3 is 2.52 bits per heavy atom. The standard InChI is InChI=1S/C16H21N5/c1-12(2)15-14(18)16(20(3)19-15)21(11-7-10-17)13-8-5-4-6-9-13/h4-6,8-9,12H,7,11,18H2,1-3H3. The quantitative estimate of drug-likeness (QED) is 0.914. The Balaban J connectivity index is 2.50. The monoisotopic (exact) mass is 283 g/mol. The Morgan fingerprint density at radius 1 is 1.33 bits per heavy atom. The molecule has 0 saturated heterocycles. The van der Waals surface area contributed by atoms with Crippen LogP contribution in [-0.4, -0.2) is 16.3 Å². The van der Waals surface area contributed by atoms with Gasteiger partial charge in [-0.15, -0.1) is 0 Å². The molecule has 1 aromatic carbocycles. The summed E-state index contributed by atoms with van der Waals surface area (Å²) in [6, 6.07) is 12.1. The van der Waals surface area contributed by atoms with E-state index < -0.39 is 0 Å². The summed E-state index contributed by atoms with van der Waals surface area (Å²) in [6.07, 6.45) is 0.427. The number of anilines is 3. The minimum absolute atomic E-state index is 0.263. The van der Waals surface area contributed by atoms with Gasteiger partial charge in [-0.05, 0) is 18.1 Å². The first-order valence-corrected chi connectivity index (χ1v) is 7.08. The topological polar surface area (TPSA) is 70.9 Å². The highest BCUT2D eigenvalue weighted by molar-refractivity contribution is 5.74. The highest BCUT2D eigenvalue weighted by Crippen LogP contribution is 2.34. The number of aromatic nitrogens is 2. The van der Waals surface area contributed by atoms with Crippen LogP contribution in [-0.2, 0) is 7.05 Å². The summed E-state index contributed by atoms with van der Waals surface area (Å²) in [5.74, 6) is 1.11. The second-order valence-corrected chi connectivity index (χ2v) is 5.30. The molecule has 0 aliphatic rings. The number of nitrogen functional groups attached to an aromatic ring is 1. The minimum Gasteiger partial charge on any atom is -0.394 e. The lowest BCUT2D eigenvalue weighted by atomic mass is 10.1. The molecule has 0 aliphatic heterocycles. The van der Waals surface area contributed by atoms with Gasteiger partial charge in [0.25, 0.3) is 0 Å². The second kappa shape index (κ2) is 6.31. The highest BCUT2D eigenvalue weighted by Gasteiger charge is 2.21. The van der Waals surface area contributed by atoms with Gasteiger partial charge in [-0.25, -0.2) is 0 Å². The lowest BCUT2D eigenvalue weighted by molar-refractivity contribution is 0.704. The number of nitrogens with zero attached hydrogens (tertiary/aromatic N) is 4. The maximum atomic E-state index is 8.91. The van der Waals surface area contributed by atoms with Gasteiger partial charge in [0.2, 0.25) is 0 Å². The normalized spacial score (nSPS) is 10.6. The smallest absolute Gasteiger partial charge is 0.154 e. The van der Waals surface area contributed by atoms with Crippen molar-refractivity contribution in [1.82, 2.24) is 9.78 Å². The van der Waals surface area contributed by atoms with Crippen LogP contribution in [0, 0.1) is 11.3 Å². The highest BCUT2D eigenvalue weighted by atomic mass is 15.4. The molecule has 110 valence electrons. The van der Waals surface area contributed by atoms with Crippen LogP contribution in [0.1, 0.15) is 31.9 Å². The van der Waals surface area contributed by atoms with E-state index in [0.717, 1.165) is 17.2 Å². The Kier molecular flexibility index (Phi) is 4.49. The van der Waals surface area contributed by atoms with Crippen LogP contribution in [0.5, 0.6) is 0 Å². The van der Waals surface area contributed by atoms with Crippen LogP contribution in [0.25, 0.3) is 0 Å². The summed E-state index contributed by atoms with van der Waals surface area (Å²) in [4.78, 5) is 2.05. The number of para-hydroxylation sites is 1. The number of hydrogen-bond donors (Lipinski definition) is 1. The Hall–Kier alpha value is -2.48. The van der Waals surface area contributed by atoms with E-state index in [9.17, 15) is 0 Å². The van der Waals surface area contributed by atoms with Crippen LogP contribution in [0.4, 0.5) is 17.2 Å². The molecule has 0 spiro atoms. The van der Waals surface area contributed by atoms with Crippen molar-refractivity contribution in [3.63, 3.8) is 0 Å². The molecular formula is C16H21N5. The average Bonchev–Trinajstić information content (AvgIpc) is 2.77. The molecule has 0 saturated carbocycles. The molecule has 2 aromatic rings. The molecule has 0 amide bonds. The van der Waals surface area contributed by atoms with Gasteiger partial charge in [0.15, 0.2) is 5.82 Å². The molecule has 1 aromatic heterocycles. The van der Waals surface area contributed by atoms with E-state index in [0.29, 0.717) is 18.7 Å². The fourth-order valence-corrected chi connectivity index (χ4v) is 2.43. The predicted octanol–water partition coefficient (Wildman–Crippen LogP) is 3.18. The minimum atomic E-state index is 0.263. The number of nitrogens with two attached hydrogens (primary N) is 1. The van der Waals surface area contributed by atoms with Crippen LogP contribution in [0.15, 0.2) is 30.3 Å². The Labute approximate surface area is 125 Å². The first-order valence-electron chi connectivity index (χ1n) is 7.08. The lowest BCUT2D eigenvalue weighted by Crippen LogP contribution is -2.21. The lowest BCUT2D eigenvalue weighted by Gasteiger charge is -2.24. The number of rotatable bonds is 5. The Morgan fingerprint density at radius 2 is 2.00 bits per heavy atom. The van der Waals surface area contributed by atoms with Crippen LogP contribution in [0.2, 0.25) is 0 Å². The third-order valence-electron chi connectivity index (χ3n) is 3.40. The van der Waals surface area contributed by atoms with Gasteiger partial charge in [0.1, 0.15) is 0 Å². The van der Waals surface area contributed by atoms with E-state index in [2.05, 4.69) is 29.9 Å². The van der Waals surface area contributed by atoms with Crippen LogP contribution < -0.4 is 10.6 Å². The molecule has 2 N–H and O–H groups in total. The fourth-order valence-electron chi connectivity index (χ4n) is 2.43. The van der Waals surface area contributed by atoms with Crippen molar-refractivity contribution in [3.8, 4) is 6.07 Å². The van der Waals surface area contributed by atoms with E-state index in [1.54, 1.807) is 4.68 Å².